The van der Waals surface area contributed by atoms with Gasteiger partial charge in [0.2, 0.25) is 0 Å². The Morgan fingerprint density at radius 1 is 1.24 bits per heavy atom. The highest BCUT2D eigenvalue weighted by Gasteiger charge is 2.14. The predicted octanol–water partition coefficient (Wildman–Crippen LogP) is 4.56. The van der Waals surface area contributed by atoms with Gasteiger partial charge in [0.15, 0.2) is 0 Å². The first-order valence-corrected chi connectivity index (χ1v) is 7.29. The Labute approximate surface area is 135 Å². The molecule has 0 aromatic heterocycles. The summed E-state index contributed by atoms with van der Waals surface area (Å²) in [4.78, 5) is 14.2. The van der Waals surface area contributed by atoms with Crippen molar-refractivity contribution >= 4 is 44.8 Å². The molecule has 2 aromatic rings. The molecule has 2 aromatic carbocycles. The molecule has 0 aliphatic heterocycles. The fourth-order valence-electron chi connectivity index (χ4n) is 1.86. The molecule has 0 fully saturated rings. The summed E-state index contributed by atoms with van der Waals surface area (Å²) in [6.07, 6.45) is 0. The van der Waals surface area contributed by atoms with Crippen LogP contribution in [0.1, 0.15) is 10.4 Å². The Hall–Kier alpha value is -1.59. The molecule has 0 unspecified atom stereocenters. The van der Waals surface area contributed by atoms with Crippen LogP contribution in [0.2, 0.25) is 5.02 Å². The summed E-state index contributed by atoms with van der Waals surface area (Å²) in [7, 11) is 3.72. The Bertz CT molecular complexity index is 691. The van der Waals surface area contributed by atoms with E-state index in [0.717, 1.165) is 5.69 Å². The second-order valence-corrected chi connectivity index (χ2v) is 5.92. The summed E-state index contributed by atoms with van der Waals surface area (Å²) >= 11 is 9.21. The van der Waals surface area contributed by atoms with E-state index >= 15 is 0 Å². The molecule has 6 heteroatoms. The lowest BCUT2D eigenvalue weighted by Crippen LogP contribution is -2.17. The van der Waals surface area contributed by atoms with Gasteiger partial charge in [0.1, 0.15) is 5.82 Å². The molecule has 0 spiro atoms. The molecule has 1 amide bonds. The molecule has 0 bridgehead atoms. The number of carbonyl (C=O) groups is 1. The monoisotopic (exact) mass is 370 g/mol. The van der Waals surface area contributed by atoms with Gasteiger partial charge in [-0.25, -0.2) is 4.39 Å². The Kier molecular flexibility index (Phi) is 4.85. The molecule has 0 saturated heterocycles. The normalized spacial score (nSPS) is 10.3. The van der Waals surface area contributed by atoms with E-state index in [1.807, 2.05) is 19.0 Å². The van der Waals surface area contributed by atoms with E-state index in [1.54, 1.807) is 18.2 Å². The highest BCUT2D eigenvalue weighted by Crippen LogP contribution is 2.29. The van der Waals surface area contributed by atoms with E-state index in [1.165, 1.54) is 18.2 Å². The molecule has 110 valence electrons. The number of hydrogen-bond donors (Lipinski definition) is 1. The van der Waals surface area contributed by atoms with Crippen molar-refractivity contribution in [2.24, 2.45) is 0 Å². The molecule has 21 heavy (non-hydrogen) atoms. The summed E-state index contributed by atoms with van der Waals surface area (Å²) in [6.45, 7) is 0. The van der Waals surface area contributed by atoms with Crippen LogP contribution >= 0.6 is 27.5 Å². The van der Waals surface area contributed by atoms with Crippen molar-refractivity contribution in [2.75, 3.05) is 24.3 Å². The molecule has 0 heterocycles. The molecular formula is C15H13BrClFN2O. The smallest absolute Gasteiger partial charge is 0.256 e. The SMILES string of the molecule is CN(C)c1ccc(Cl)cc1NC(=O)c1cc(F)ccc1Br. The number of halogens is 3. The van der Waals surface area contributed by atoms with Crippen molar-refractivity contribution in [3.63, 3.8) is 0 Å². The Morgan fingerprint density at radius 2 is 1.95 bits per heavy atom. The predicted molar refractivity (Wildman–Crippen MR) is 87.8 cm³/mol. The number of carbonyl (C=O) groups excluding carboxylic acids is 1. The van der Waals surface area contributed by atoms with E-state index in [-0.39, 0.29) is 5.56 Å². The van der Waals surface area contributed by atoms with Crippen molar-refractivity contribution in [2.45, 2.75) is 0 Å². The van der Waals surface area contributed by atoms with E-state index in [4.69, 9.17) is 11.6 Å². The van der Waals surface area contributed by atoms with Gasteiger partial charge < -0.3 is 10.2 Å². The highest BCUT2D eigenvalue weighted by atomic mass is 79.9. The van der Waals surface area contributed by atoms with Crippen molar-refractivity contribution in [1.29, 1.82) is 0 Å². The Morgan fingerprint density at radius 3 is 2.62 bits per heavy atom. The largest absolute Gasteiger partial charge is 0.376 e. The van der Waals surface area contributed by atoms with Gasteiger partial charge in [-0.2, -0.15) is 0 Å². The van der Waals surface area contributed by atoms with Gasteiger partial charge in [0, 0.05) is 23.6 Å². The molecule has 0 radical (unpaired) electrons. The van der Waals surface area contributed by atoms with Crippen LogP contribution in [0, 0.1) is 5.82 Å². The molecule has 0 atom stereocenters. The zero-order valence-corrected chi connectivity index (χ0v) is 13.8. The van der Waals surface area contributed by atoms with Gasteiger partial charge in [-0.3, -0.25) is 4.79 Å². The zero-order valence-electron chi connectivity index (χ0n) is 11.5. The lowest BCUT2D eigenvalue weighted by Gasteiger charge is -2.18. The topological polar surface area (TPSA) is 32.3 Å². The number of anilines is 2. The molecule has 3 nitrogen and oxygen atoms in total. The standard InChI is InChI=1S/C15H13BrClFN2O/c1-20(2)14-6-3-9(17)7-13(14)19-15(21)11-8-10(18)4-5-12(11)16/h3-8H,1-2H3,(H,19,21). The maximum atomic E-state index is 13.3. The van der Waals surface area contributed by atoms with Crippen LogP contribution < -0.4 is 10.2 Å². The fraction of sp³-hybridized carbons (Fsp3) is 0.133. The average Bonchev–Trinajstić information content (AvgIpc) is 2.41. The van der Waals surface area contributed by atoms with E-state index in [0.29, 0.717) is 15.2 Å². The van der Waals surface area contributed by atoms with Crippen molar-refractivity contribution in [3.05, 3.63) is 57.3 Å². The first-order chi connectivity index (χ1) is 9.88. The minimum Gasteiger partial charge on any atom is -0.376 e. The van der Waals surface area contributed by atoms with Crippen LogP contribution in [0.25, 0.3) is 0 Å². The van der Waals surface area contributed by atoms with Gasteiger partial charge >= 0.3 is 0 Å². The zero-order chi connectivity index (χ0) is 15.6. The van der Waals surface area contributed by atoms with Crippen LogP contribution in [0.5, 0.6) is 0 Å². The van der Waals surface area contributed by atoms with Crippen LogP contribution in [0.3, 0.4) is 0 Å². The third-order valence-corrected chi connectivity index (χ3v) is 3.79. The maximum Gasteiger partial charge on any atom is 0.256 e. The summed E-state index contributed by atoms with van der Waals surface area (Å²) in [5, 5.41) is 3.26. The lowest BCUT2D eigenvalue weighted by molar-refractivity contribution is 0.102. The van der Waals surface area contributed by atoms with Gasteiger partial charge in [-0.15, -0.1) is 0 Å². The van der Waals surface area contributed by atoms with Crippen LogP contribution in [-0.2, 0) is 0 Å². The second kappa shape index (κ2) is 6.45. The molecule has 0 saturated carbocycles. The second-order valence-electron chi connectivity index (χ2n) is 4.63. The number of nitrogens with one attached hydrogen (secondary N) is 1. The van der Waals surface area contributed by atoms with Crippen LogP contribution in [0.15, 0.2) is 40.9 Å². The van der Waals surface area contributed by atoms with E-state index < -0.39 is 11.7 Å². The van der Waals surface area contributed by atoms with Gasteiger partial charge in [0.05, 0.1) is 16.9 Å². The Balaban J connectivity index is 2.35. The number of benzene rings is 2. The summed E-state index contributed by atoms with van der Waals surface area (Å²) in [6, 6.07) is 9.16. The third kappa shape index (κ3) is 3.74. The van der Waals surface area contributed by atoms with Crippen molar-refractivity contribution in [3.8, 4) is 0 Å². The summed E-state index contributed by atoms with van der Waals surface area (Å²) in [5.74, 6) is -0.881. The molecule has 0 aliphatic carbocycles. The fourth-order valence-corrected chi connectivity index (χ4v) is 2.46. The lowest BCUT2D eigenvalue weighted by atomic mass is 10.2. The van der Waals surface area contributed by atoms with E-state index in [9.17, 15) is 9.18 Å². The first-order valence-electron chi connectivity index (χ1n) is 6.12. The van der Waals surface area contributed by atoms with Crippen LogP contribution in [0.4, 0.5) is 15.8 Å². The minimum atomic E-state index is -0.470. The highest BCUT2D eigenvalue weighted by molar-refractivity contribution is 9.10. The van der Waals surface area contributed by atoms with Gasteiger partial charge in [0.25, 0.3) is 5.91 Å². The van der Waals surface area contributed by atoms with Gasteiger partial charge in [-0.1, -0.05) is 11.6 Å². The van der Waals surface area contributed by atoms with E-state index in [2.05, 4.69) is 21.2 Å². The van der Waals surface area contributed by atoms with Crippen molar-refractivity contribution in [1.82, 2.24) is 0 Å². The average molecular weight is 372 g/mol. The molecular weight excluding hydrogens is 359 g/mol. The van der Waals surface area contributed by atoms with Crippen LogP contribution in [-0.4, -0.2) is 20.0 Å². The molecule has 2 rings (SSSR count). The summed E-state index contributed by atoms with van der Waals surface area (Å²) in [5.41, 5.74) is 1.59. The maximum absolute atomic E-state index is 13.3. The number of amides is 1. The van der Waals surface area contributed by atoms with Crippen molar-refractivity contribution < 1.29 is 9.18 Å². The molecule has 1 N–H and O–H groups in total. The number of nitrogens with zero attached hydrogens (tertiary/aromatic N) is 1. The molecule has 0 aliphatic rings. The first kappa shape index (κ1) is 15.8. The summed E-state index contributed by atoms with van der Waals surface area (Å²) < 4.78 is 13.8. The number of hydrogen-bond acceptors (Lipinski definition) is 2. The quantitative estimate of drug-likeness (QED) is 0.858. The van der Waals surface area contributed by atoms with Gasteiger partial charge in [-0.05, 0) is 52.3 Å². The third-order valence-electron chi connectivity index (χ3n) is 2.86. The minimum absolute atomic E-state index is 0.222. The number of rotatable bonds is 3.